The van der Waals surface area contributed by atoms with Crippen molar-refractivity contribution in [3.8, 4) is 0 Å². The zero-order chi connectivity index (χ0) is 24.0. The summed E-state index contributed by atoms with van der Waals surface area (Å²) in [6.07, 6.45) is 0. The third-order valence-electron chi connectivity index (χ3n) is 6.34. The molecule has 1 aliphatic rings. The van der Waals surface area contributed by atoms with Crippen molar-refractivity contribution >= 4 is 5.97 Å². The van der Waals surface area contributed by atoms with Crippen LogP contribution in [0.15, 0.2) is 78.9 Å². The molecule has 34 heavy (non-hydrogen) atoms. The van der Waals surface area contributed by atoms with E-state index in [0.717, 1.165) is 29.8 Å². The predicted octanol–water partition coefficient (Wildman–Crippen LogP) is 3.98. The van der Waals surface area contributed by atoms with Crippen molar-refractivity contribution in [2.24, 2.45) is 0 Å². The van der Waals surface area contributed by atoms with E-state index in [1.165, 1.54) is 24.3 Å². The van der Waals surface area contributed by atoms with Gasteiger partial charge in [-0.15, -0.1) is 0 Å². The quantitative estimate of drug-likeness (QED) is 0.382. The fraction of sp³-hybridized carbons (Fsp3) is 0.296. The normalized spacial score (nSPS) is 15.4. The number of carbonyl (C=O) groups is 1. The Bertz CT molecular complexity index is 1020. The van der Waals surface area contributed by atoms with Gasteiger partial charge in [0.2, 0.25) is 0 Å². The number of nitrogens with zero attached hydrogens (tertiary/aromatic N) is 2. The van der Waals surface area contributed by atoms with Gasteiger partial charge in [0, 0.05) is 32.7 Å². The first-order valence-corrected chi connectivity index (χ1v) is 11.3. The van der Waals surface area contributed by atoms with Gasteiger partial charge in [0.1, 0.15) is 18.2 Å². The van der Waals surface area contributed by atoms with E-state index in [0.29, 0.717) is 26.2 Å². The Morgan fingerprint density at radius 1 is 0.794 bits per heavy atom. The van der Waals surface area contributed by atoms with Crippen molar-refractivity contribution < 1.29 is 23.4 Å². The zero-order valence-corrected chi connectivity index (χ0v) is 18.9. The largest absolute Gasteiger partial charge is 0.480 e. The summed E-state index contributed by atoms with van der Waals surface area (Å²) in [5, 5.41) is 8.74. The summed E-state index contributed by atoms with van der Waals surface area (Å²) in [5.41, 5.74) is 2.11. The van der Waals surface area contributed by atoms with Crippen LogP contribution in [-0.2, 0) is 15.1 Å². The van der Waals surface area contributed by atoms with Crippen LogP contribution in [0.3, 0.4) is 0 Å². The van der Waals surface area contributed by atoms with E-state index in [1.807, 2.05) is 18.2 Å². The van der Waals surface area contributed by atoms with Gasteiger partial charge in [-0.25, -0.2) is 13.6 Å². The van der Waals surface area contributed by atoms with Gasteiger partial charge in [-0.05, 0) is 41.0 Å². The van der Waals surface area contributed by atoms with E-state index < -0.39 is 11.5 Å². The minimum Gasteiger partial charge on any atom is -0.480 e. The maximum Gasteiger partial charge on any atom is 0.329 e. The van der Waals surface area contributed by atoms with Crippen LogP contribution in [0.1, 0.15) is 16.7 Å². The molecular formula is C27H28F2N2O3. The van der Waals surface area contributed by atoms with E-state index in [4.69, 9.17) is 9.84 Å². The molecule has 0 aromatic heterocycles. The lowest BCUT2D eigenvalue weighted by molar-refractivity contribution is -0.142. The van der Waals surface area contributed by atoms with Crippen LogP contribution in [0, 0.1) is 11.6 Å². The lowest BCUT2D eigenvalue weighted by Crippen LogP contribution is -2.56. The Morgan fingerprint density at radius 3 is 1.79 bits per heavy atom. The topological polar surface area (TPSA) is 53.0 Å². The van der Waals surface area contributed by atoms with Crippen molar-refractivity contribution in [1.82, 2.24) is 9.80 Å². The Balaban J connectivity index is 1.69. The van der Waals surface area contributed by atoms with Crippen LogP contribution in [0.5, 0.6) is 0 Å². The summed E-state index contributed by atoms with van der Waals surface area (Å²) in [7, 11) is 0. The van der Waals surface area contributed by atoms with Gasteiger partial charge in [0.05, 0.1) is 12.1 Å². The summed E-state index contributed by atoms with van der Waals surface area (Å²) in [6.45, 7) is 3.64. The van der Waals surface area contributed by atoms with Crippen LogP contribution in [0.4, 0.5) is 8.78 Å². The van der Waals surface area contributed by atoms with Gasteiger partial charge in [-0.1, -0.05) is 54.6 Å². The Labute approximate surface area is 198 Å². The molecule has 3 aromatic rings. The zero-order valence-electron chi connectivity index (χ0n) is 18.9. The van der Waals surface area contributed by atoms with Gasteiger partial charge in [-0.2, -0.15) is 0 Å². The van der Waals surface area contributed by atoms with Crippen molar-refractivity contribution in [3.05, 3.63) is 107 Å². The van der Waals surface area contributed by atoms with Crippen molar-refractivity contribution in [3.63, 3.8) is 0 Å². The highest BCUT2D eigenvalue weighted by molar-refractivity contribution is 5.67. The molecule has 0 amide bonds. The van der Waals surface area contributed by atoms with Gasteiger partial charge in [-0.3, -0.25) is 9.80 Å². The van der Waals surface area contributed by atoms with E-state index in [9.17, 15) is 13.6 Å². The van der Waals surface area contributed by atoms with E-state index >= 15 is 0 Å². The molecule has 1 fully saturated rings. The number of carboxylic acids is 1. The van der Waals surface area contributed by atoms with Crippen LogP contribution < -0.4 is 0 Å². The molecule has 0 unspecified atom stereocenters. The highest BCUT2D eigenvalue weighted by Gasteiger charge is 2.43. The lowest BCUT2D eigenvalue weighted by Gasteiger charge is -2.49. The maximum atomic E-state index is 13.9. The van der Waals surface area contributed by atoms with Crippen molar-refractivity contribution in [2.75, 3.05) is 45.9 Å². The van der Waals surface area contributed by atoms with Crippen molar-refractivity contribution in [1.29, 1.82) is 0 Å². The third-order valence-corrected chi connectivity index (χ3v) is 6.34. The highest BCUT2D eigenvalue weighted by Crippen LogP contribution is 2.43. The first kappa shape index (κ1) is 24.0. The standard InChI is InChI=1S/C27H28F2N2O3/c28-24-10-6-22(7-11-24)27(21-4-2-1-3-5-21,23-8-12-25(29)13-9-23)31-16-14-30(15-17-31)18-19-34-20-26(32)33/h1-13H,14-20H2,(H,32,33). The third kappa shape index (κ3) is 5.17. The average Bonchev–Trinajstić information content (AvgIpc) is 2.86. The maximum absolute atomic E-state index is 13.9. The molecular weight excluding hydrogens is 438 g/mol. The summed E-state index contributed by atoms with van der Waals surface area (Å²) in [5.74, 6) is -1.59. The molecule has 0 aliphatic carbocycles. The fourth-order valence-corrected chi connectivity index (χ4v) is 4.77. The Kier molecular flexibility index (Phi) is 7.67. The van der Waals surface area contributed by atoms with Gasteiger partial charge < -0.3 is 9.84 Å². The Hall–Kier alpha value is -3.13. The number of rotatable bonds is 9. The monoisotopic (exact) mass is 466 g/mol. The number of hydrogen-bond donors (Lipinski definition) is 1. The van der Waals surface area contributed by atoms with E-state index in [-0.39, 0.29) is 18.2 Å². The summed E-state index contributed by atoms with van der Waals surface area (Å²) < 4.78 is 33.0. The molecule has 5 nitrogen and oxygen atoms in total. The minimum absolute atomic E-state index is 0.299. The molecule has 0 spiro atoms. The Morgan fingerprint density at radius 2 is 1.29 bits per heavy atom. The summed E-state index contributed by atoms with van der Waals surface area (Å²) in [4.78, 5) is 15.3. The summed E-state index contributed by atoms with van der Waals surface area (Å²) in [6, 6.07) is 23.1. The lowest BCUT2D eigenvalue weighted by atomic mass is 9.75. The molecule has 7 heteroatoms. The molecule has 0 saturated carbocycles. The fourth-order valence-electron chi connectivity index (χ4n) is 4.77. The number of carboxylic acid groups (broad SMARTS) is 1. The molecule has 4 rings (SSSR count). The smallest absolute Gasteiger partial charge is 0.329 e. The van der Waals surface area contributed by atoms with Crippen LogP contribution in [0.2, 0.25) is 0 Å². The minimum atomic E-state index is -0.976. The molecule has 1 aliphatic heterocycles. The number of ether oxygens (including phenoxy) is 1. The van der Waals surface area contributed by atoms with Crippen LogP contribution in [0.25, 0.3) is 0 Å². The van der Waals surface area contributed by atoms with Gasteiger partial charge >= 0.3 is 5.97 Å². The van der Waals surface area contributed by atoms with Crippen LogP contribution >= 0.6 is 0 Å². The van der Waals surface area contributed by atoms with Gasteiger partial charge in [0.25, 0.3) is 0 Å². The molecule has 1 heterocycles. The number of aliphatic carboxylic acids is 1. The van der Waals surface area contributed by atoms with Crippen LogP contribution in [-0.4, -0.2) is 66.8 Å². The molecule has 178 valence electrons. The first-order chi connectivity index (χ1) is 16.5. The second kappa shape index (κ2) is 10.9. The molecule has 0 radical (unpaired) electrons. The van der Waals surface area contributed by atoms with E-state index in [1.54, 1.807) is 24.3 Å². The highest BCUT2D eigenvalue weighted by atomic mass is 19.1. The average molecular weight is 467 g/mol. The first-order valence-electron chi connectivity index (χ1n) is 11.3. The SMILES string of the molecule is O=C(O)COCCN1CCN(C(c2ccccc2)(c2ccc(F)cc2)c2ccc(F)cc2)CC1. The molecule has 1 N–H and O–H groups in total. The number of halogens is 2. The second-order valence-electron chi connectivity index (χ2n) is 8.37. The molecule has 1 saturated heterocycles. The summed E-state index contributed by atoms with van der Waals surface area (Å²) >= 11 is 0. The van der Waals surface area contributed by atoms with E-state index in [2.05, 4.69) is 21.9 Å². The van der Waals surface area contributed by atoms with Crippen molar-refractivity contribution in [2.45, 2.75) is 5.54 Å². The number of hydrogen-bond acceptors (Lipinski definition) is 4. The molecule has 3 aromatic carbocycles. The van der Waals surface area contributed by atoms with Gasteiger partial charge in [0.15, 0.2) is 0 Å². The molecule has 0 bridgehead atoms. The predicted molar refractivity (Wildman–Crippen MR) is 126 cm³/mol. The number of piperazine rings is 1. The second-order valence-corrected chi connectivity index (χ2v) is 8.37. The number of benzene rings is 3. The molecule has 0 atom stereocenters.